The van der Waals surface area contributed by atoms with Crippen LogP contribution in [0.4, 0.5) is 5.82 Å². The summed E-state index contributed by atoms with van der Waals surface area (Å²) in [5, 5.41) is 3.33. The summed E-state index contributed by atoms with van der Waals surface area (Å²) in [6.45, 7) is 2.07. The first-order valence-corrected chi connectivity index (χ1v) is 5.15. The third-order valence-corrected chi connectivity index (χ3v) is 2.64. The van der Waals surface area contributed by atoms with Crippen molar-refractivity contribution in [1.29, 1.82) is 0 Å². The fourth-order valence-corrected chi connectivity index (χ4v) is 1.92. The molecule has 0 saturated carbocycles. The molecule has 0 radical (unpaired) electrons. The van der Waals surface area contributed by atoms with Crippen LogP contribution in [0.1, 0.15) is 6.42 Å². The van der Waals surface area contributed by atoms with Gasteiger partial charge in [0.05, 0.1) is 6.20 Å². The molecule has 15 heavy (non-hydrogen) atoms. The highest BCUT2D eigenvalue weighted by molar-refractivity contribution is 5.58. The van der Waals surface area contributed by atoms with Crippen molar-refractivity contribution in [2.24, 2.45) is 0 Å². The summed E-state index contributed by atoms with van der Waals surface area (Å²) in [5.41, 5.74) is 1.08. The Bertz CT molecular complexity index is 461. The summed E-state index contributed by atoms with van der Waals surface area (Å²) in [6.07, 6.45) is 6.67. The molecule has 76 valence electrons. The molecule has 0 spiro atoms. The molecule has 1 aliphatic rings. The third-order valence-electron chi connectivity index (χ3n) is 2.64. The van der Waals surface area contributed by atoms with E-state index >= 15 is 0 Å². The van der Waals surface area contributed by atoms with Gasteiger partial charge in [0.15, 0.2) is 0 Å². The Kier molecular flexibility index (Phi) is 1.91. The minimum atomic E-state index is 1.00. The molecule has 1 aliphatic heterocycles. The lowest BCUT2D eigenvalue weighted by atomic mass is 10.2. The SMILES string of the molecule is c1cncc(-c2ncc3n2CCCN3)c1. The molecule has 0 aromatic carbocycles. The second kappa shape index (κ2) is 3.38. The average molecular weight is 200 g/mol. The molecule has 0 unspecified atom stereocenters. The van der Waals surface area contributed by atoms with Crippen LogP contribution in [-0.2, 0) is 6.54 Å². The van der Waals surface area contributed by atoms with Gasteiger partial charge in [-0.3, -0.25) is 4.98 Å². The van der Waals surface area contributed by atoms with Gasteiger partial charge in [-0.2, -0.15) is 0 Å². The molecule has 2 aromatic rings. The van der Waals surface area contributed by atoms with Crippen molar-refractivity contribution in [3.63, 3.8) is 0 Å². The lowest BCUT2D eigenvalue weighted by molar-refractivity contribution is 0.635. The zero-order valence-corrected chi connectivity index (χ0v) is 8.35. The van der Waals surface area contributed by atoms with Gasteiger partial charge in [-0.1, -0.05) is 0 Å². The molecular formula is C11H12N4. The van der Waals surface area contributed by atoms with Crippen molar-refractivity contribution >= 4 is 5.82 Å². The fourth-order valence-electron chi connectivity index (χ4n) is 1.92. The van der Waals surface area contributed by atoms with Crippen molar-refractivity contribution in [3.05, 3.63) is 30.7 Å². The number of hydrogen-bond donors (Lipinski definition) is 1. The van der Waals surface area contributed by atoms with E-state index in [4.69, 9.17) is 0 Å². The molecule has 0 atom stereocenters. The summed E-state index contributed by atoms with van der Waals surface area (Å²) in [4.78, 5) is 8.54. The number of nitrogens with zero attached hydrogens (tertiary/aromatic N) is 3. The van der Waals surface area contributed by atoms with Crippen LogP contribution in [0.2, 0.25) is 0 Å². The monoisotopic (exact) mass is 200 g/mol. The number of rotatable bonds is 1. The molecule has 3 rings (SSSR count). The highest BCUT2D eigenvalue weighted by Crippen LogP contribution is 2.23. The Morgan fingerprint density at radius 2 is 2.33 bits per heavy atom. The maximum absolute atomic E-state index is 4.43. The molecule has 3 heterocycles. The Labute approximate surface area is 88.0 Å². The van der Waals surface area contributed by atoms with E-state index in [1.54, 1.807) is 6.20 Å². The number of fused-ring (bicyclic) bond motifs is 1. The van der Waals surface area contributed by atoms with Gasteiger partial charge in [0.25, 0.3) is 0 Å². The van der Waals surface area contributed by atoms with Crippen LogP contribution in [0.5, 0.6) is 0 Å². The highest BCUT2D eigenvalue weighted by atomic mass is 15.2. The second-order valence-corrected chi connectivity index (χ2v) is 3.64. The Hall–Kier alpha value is -1.84. The predicted octanol–water partition coefficient (Wildman–Crippen LogP) is 1.76. The first-order chi connectivity index (χ1) is 7.45. The van der Waals surface area contributed by atoms with Crippen LogP contribution < -0.4 is 5.32 Å². The molecule has 0 amide bonds. The normalized spacial score (nSPS) is 14.4. The zero-order chi connectivity index (χ0) is 10.1. The summed E-state index contributed by atoms with van der Waals surface area (Å²) in [7, 11) is 0. The van der Waals surface area contributed by atoms with Crippen LogP contribution in [0.3, 0.4) is 0 Å². The van der Waals surface area contributed by atoms with Gasteiger partial charge < -0.3 is 9.88 Å². The molecule has 2 aromatic heterocycles. The molecule has 0 bridgehead atoms. The molecule has 0 fully saturated rings. The van der Waals surface area contributed by atoms with Crippen LogP contribution in [0.15, 0.2) is 30.7 Å². The van der Waals surface area contributed by atoms with Crippen molar-refractivity contribution in [3.8, 4) is 11.4 Å². The quantitative estimate of drug-likeness (QED) is 0.762. The van der Waals surface area contributed by atoms with E-state index in [0.29, 0.717) is 0 Å². The van der Waals surface area contributed by atoms with E-state index in [2.05, 4.69) is 19.9 Å². The van der Waals surface area contributed by atoms with E-state index in [9.17, 15) is 0 Å². The molecule has 4 heteroatoms. The number of anilines is 1. The third kappa shape index (κ3) is 1.38. The topological polar surface area (TPSA) is 42.7 Å². The van der Waals surface area contributed by atoms with Crippen molar-refractivity contribution in [2.45, 2.75) is 13.0 Å². The summed E-state index contributed by atoms with van der Waals surface area (Å²) in [5.74, 6) is 2.12. The molecule has 1 N–H and O–H groups in total. The van der Waals surface area contributed by atoms with Crippen molar-refractivity contribution in [1.82, 2.24) is 14.5 Å². The Morgan fingerprint density at radius 1 is 1.33 bits per heavy atom. The molecule has 4 nitrogen and oxygen atoms in total. The standard InChI is InChI=1S/C11H12N4/c1-3-9(7-12-4-1)11-14-8-10-13-5-2-6-15(10)11/h1,3-4,7-8,13H,2,5-6H2. The van der Waals surface area contributed by atoms with Crippen molar-refractivity contribution in [2.75, 3.05) is 11.9 Å². The lowest BCUT2D eigenvalue weighted by Gasteiger charge is -2.18. The second-order valence-electron chi connectivity index (χ2n) is 3.64. The number of imidazole rings is 1. The molecule has 0 saturated heterocycles. The lowest BCUT2D eigenvalue weighted by Crippen LogP contribution is -2.17. The van der Waals surface area contributed by atoms with Gasteiger partial charge in [0.2, 0.25) is 0 Å². The molecular weight excluding hydrogens is 188 g/mol. The van der Waals surface area contributed by atoms with Gasteiger partial charge in [-0.15, -0.1) is 0 Å². The number of aromatic nitrogens is 3. The minimum Gasteiger partial charge on any atom is -0.370 e. The highest BCUT2D eigenvalue weighted by Gasteiger charge is 2.14. The van der Waals surface area contributed by atoms with Crippen LogP contribution in [0, 0.1) is 0 Å². The fraction of sp³-hybridized carbons (Fsp3) is 0.273. The maximum Gasteiger partial charge on any atom is 0.143 e. The summed E-state index contributed by atoms with van der Waals surface area (Å²) < 4.78 is 2.21. The number of nitrogens with one attached hydrogen (secondary N) is 1. The number of hydrogen-bond acceptors (Lipinski definition) is 3. The van der Waals surface area contributed by atoms with E-state index in [0.717, 1.165) is 36.7 Å². The van der Waals surface area contributed by atoms with E-state index in [-0.39, 0.29) is 0 Å². The summed E-state index contributed by atoms with van der Waals surface area (Å²) >= 11 is 0. The van der Waals surface area contributed by atoms with Crippen molar-refractivity contribution < 1.29 is 0 Å². The van der Waals surface area contributed by atoms with Gasteiger partial charge in [0.1, 0.15) is 11.6 Å². The zero-order valence-electron chi connectivity index (χ0n) is 8.35. The summed E-state index contributed by atoms with van der Waals surface area (Å²) in [6, 6.07) is 3.98. The van der Waals surface area contributed by atoms with Gasteiger partial charge in [0, 0.05) is 31.0 Å². The van der Waals surface area contributed by atoms with Crippen LogP contribution in [-0.4, -0.2) is 21.1 Å². The minimum absolute atomic E-state index is 1.00. The predicted molar refractivity (Wildman–Crippen MR) is 58.6 cm³/mol. The van der Waals surface area contributed by atoms with Crippen LogP contribution in [0.25, 0.3) is 11.4 Å². The maximum atomic E-state index is 4.43. The van der Waals surface area contributed by atoms with Gasteiger partial charge in [-0.25, -0.2) is 4.98 Å². The van der Waals surface area contributed by atoms with Gasteiger partial charge in [-0.05, 0) is 18.6 Å². The van der Waals surface area contributed by atoms with E-state index < -0.39 is 0 Å². The Balaban J connectivity index is 2.09. The largest absolute Gasteiger partial charge is 0.370 e. The van der Waals surface area contributed by atoms with E-state index in [1.165, 1.54) is 0 Å². The van der Waals surface area contributed by atoms with Crippen LogP contribution >= 0.6 is 0 Å². The Morgan fingerprint density at radius 3 is 3.20 bits per heavy atom. The van der Waals surface area contributed by atoms with E-state index in [1.807, 2.05) is 24.5 Å². The molecule has 0 aliphatic carbocycles. The first kappa shape index (κ1) is 8.47. The smallest absolute Gasteiger partial charge is 0.143 e. The number of pyridine rings is 1. The average Bonchev–Trinajstić information content (AvgIpc) is 2.74. The van der Waals surface area contributed by atoms with Gasteiger partial charge >= 0.3 is 0 Å². The first-order valence-electron chi connectivity index (χ1n) is 5.15.